The lowest BCUT2D eigenvalue weighted by Crippen LogP contribution is -2.57. The highest BCUT2D eigenvalue weighted by Gasteiger charge is 2.48. The first-order valence-electron chi connectivity index (χ1n) is 7.62. The van der Waals surface area contributed by atoms with E-state index in [-0.39, 0.29) is 25.2 Å². The number of likely N-dealkylation sites (tertiary alicyclic amines) is 1. The van der Waals surface area contributed by atoms with E-state index >= 15 is 0 Å². The zero-order valence-electron chi connectivity index (χ0n) is 14.2. The van der Waals surface area contributed by atoms with Gasteiger partial charge in [-0.25, -0.2) is 14.7 Å². The van der Waals surface area contributed by atoms with Crippen LogP contribution in [0.25, 0.3) is 0 Å². The molecule has 1 fully saturated rings. The topological polar surface area (TPSA) is 142 Å². The summed E-state index contributed by atoms with van der Waals surface area (Å²) >= 11 is 0. The summed E-state index contributed by atoms with van der Waals surface area (Å²) < 4.78 is 5.10. The molecule has 0 radical (unpaired) electrons. The van der Waals surface area contributed by atoms with Gasteiger partial charge in [0.25, 0.3) is 11.5 Å². The fourth-order valence-electron chi connectivity index (χ4n) is 2.44. The van der Waals surface area contributed by atoms with Crippen molar-refractivity contribution in [1.29, 1.82) is 0 Å². The molecule has 0 spiro atoms. The average Bonchev–Trinajstić information content (AvgIpc) is 2.90. The summed E-state index contributed by atoms with van der Waals surface area (Å²) in [6.45, 7) is 4.86. The number of hydrogen-bond donors (Lipinski definition) is 3. The molecular formula is C15H20N4O6. The first kappa shape index (κ1) is 18.4. The van der Waals surface area contributed by atoms with Crippen molar-refractivity contribution in [3.8, 4) is 0 Å². The summed E-state index contributed by atoms with van der Waals surface area (Å²) in [5.74, 6) is -1.80. The lowest BCUT2D eigenvalue weighted by atomic mass is 9.99. The van der Waals surface area contributed by atoms with Crippen LogP contribution in [0.15, 0.2) is 16.9 Å². The largest absolute Gasteiger partial charge is 0.479 e. The molecule has 1 atom stereocenters. The number of H-pyrrole nitrogens is 1. The second kappa shape index (κ2) is 6.54. The Morgan fingerprint density at radius 1 is 1.36 bits per heavy atom. The van der Waals surface area contributed by atoms with Crippen LogP contribution < -0.4 is 10.9 Å². The molecule has 2 heterocycles. The molecule has 2 amide bonds. The van der Waals surface area contributed by atoms with E-state index in [4.69, 9.17) is 4.74 Å². The van der Waals surface area contributed by atoms with Crippen LogP contribution in [-0.2, 0) is 9.53 Å². The first-order chi connectivity index (χ1) is 11.5. The molecule has 2 rings (SSSR count). The summed E-state index contributed by atoms with van der Waals surface area (Å²) in [5.41, 5.74) is -2.89. The molecule has 0 bridgehead atoms. The number of carbonyl (C=O) groups excluding carboxylic acids is 2. The fraction of sp³-hybridized carbons (Fsp3) is 0.533. The number of amides is 2. The molecule has 3 N–H and O–H groups in total. The van der Waals surface area contributed by atoms with Gasteiger partial charge < -0.3 is 20.1 Å². The highest BCUT2D eigenvalue weighted by Crippen LogP contribution is 2.24. The summed E-state index contributed by atoms with van der Waals surface area (Å²) in [4.78, 5) is 48.3. The van der Waals surface area contributed by atoms with Gasteiger partial charge in [-0.05, 0) is 26.8 Å². The third kappa shape index (κ3) is 4.34. The summed E-state index contributed by atoms with van der Waals surface area (Å²) in [6, 6.07) is 2.41. The maximum absolute atomic E-state index is 12.4. The van der Waals surface area contributed by atoms with Crippen molar-refractivity contribution in [1.82, 2.24) is 20.4 Å². The van der Waals surface area contributed by atoms with Gasteiger partial charge in [-0.2, -0.15) is 5.10 Å². The molecule has 0 saturated carbocycles. The van der Waals surface area contributed by atoms with Crippen molar-refractivity contribution >= 4 is 18.0 Å². The van der Waals surface area contributed by atoms with Crippen LogP contribution >= 0.6 is 0 Å². The maximum Gasteiger partial charge on any atom is 0.408 e. The monoisotopic (exact) mass is 352 g/mol. The maximum atomic E-state index is 12.4. The molecule has 1 aliphatic rings. The van der Waals surface area contributed by atoms with Crippen LogP contribution in [0.1, 0.15) is 37.7 Å². The van der Waals surface area contributed by atoms with E-state index < -0.39 is 34.7 Å². The van der Waals surface area contributed by atoms with Crippen LogP contribution in [0.3, 0.4) is 0 Å². The van der Waals surface area contributed by atoms with Crippen molar-refractivity contribution in [3.05, 3.63) is 28.2 Å². The number of nitrogens with one attached hydrogen (secondary N) is 2. The number of alkyl carbamates (subject to hydrolysis) is 1. The van der Waals surface area contributed by atoms with E-state index in [0.717, 1.165) is 6.07 Å². The van der Waals surface area contributed by atoms with Crippen molar-refractivity contribution in [2.45, 2.75) is 38.3 Å². The number of ether oxygens (including phenoxy) is 1. The van der Waals surface area contributed by atoms with E-state index in [1.807, 2.05) is 0 Å². The molecule has 25 heavy (non-hydrogen) atoms. The minimum Gasteiger partial charge on any atom is -0.479 e. The van der Waals surface area contributed by atoms with Crippen LogP contribution in [0.2, 0.25) is 0 Å². The van der Waals surface area contributed by atoms with Gasteiger partial charge in [0, 0.05) is 19.0 Å². The predicted molar refractivity (Wildman–Crippen MR) is 85.1 cm³/mol. The SMILES string of the molecule is CC(C)(C)OC(=O)NC1(C(=O)O)CCN(C(=O)c2ccc(=O)[nH]n2)C1. The Morgan fingerprint density at radius 3 is 2.56 bits per heavy atom. The van der Waals surface area contributed by atoms with Gasteiger partial charge in [-0.1, -0.05) is 0 Å². The van der Waals surface area contributed by atoms with Gasteiger partial charge in [-0.3, -0.25) is 9.59 Å². The van der Waals surface area contributed by atoms with Crippen molar-refractivity contribution in [3.63, 3.8) is 0 Å². The highest BCUT2D eigenvalue weighted by atomic mass is 16.6. The molecule has 1 saturated heterocycles. The molecule has 1 unspecified atom stereocenters. The zero-order valence-corrected chi connectivity index (χ0v) is 14.2. The second-order valence-corrected chi connectivity index (χ2v) is 6.80. The second-order valence-electron chi connectivity index (χ2n) is 6.80. The van der Waals surface area contributed by atoms with Crippen molar-refractivity contribution in [2.75, 3.05) is 13.1 Å². The molecule has 10 nitrogen and oxygen atoms in total. The van der Waals surface area contributed by atoms with E-state index in [2.05, 4.69) is 15.5 Å². The molecule has 10 heteroatoms. The van der Waals surface area contributed by atoms with Gasteiger partial charge in [0.05, 0.1) is 6.54 Å². The Balaban J connectivity index is 2.13. The van der Waals surface area contributed by atoms with Gasteiger partial charge in [0.1, 0.15) is 11.3 Å². The number of aromatic amines is 1. The number of carboxylic acids is 1. The zero-order chi connectivity index (χ0) is 18.8. The molecule has 1 aromatic heterocycles. The highest BCUT2D eigenvalue weighted by molar-refractivity contribution is 5.94. The third-order valence-electron chi connectivity index (χ3n) is 3.60. The number of carboxylic acid groups (broad SMARTS) is 1. The number of carbonyl (C=O) groups is 3. The van der Waals surface area contributed by atoms with Gasteiger partial charge >= 0.3 is 12.1 Å². The summed E-state index contributed by atoms with van der Waals surface area (Å²) in [6.07, 6.45) is -0.845. The lowest BCUT2D eigenvalue weighted by molar-refractivity contribution is -0.144. The van der Waals surface area contributed by atoms with E-state index in [1.54, 1.807) is 20.8 Å². The van der Waals surface area contributed by atoms with Gasteiger partial charge in [0.15, 0.2) is 5.54 Å². The minimum absolute atomic E-state index is 0.0157. The molecule has 1 aliphatic heterocycles. The standard InChI is InChI=1S/C15H20N4O6/c1-14(2,3)25-13(24)16-15(12(22)23)6-7-19(8-15)11(21)9-4-5-10(20)18-17-9/h4-5H,6-8H2,1-3H3,(H,16,24)(H,18,20)(H,22,23). The Morgan fingerprint density at radius 2 is 2.04 bits per heavy atom. The Labute approximate surface area is 143 Å². The van der Waals surface area contributed by atoms with E-state index in [0.29, 0.717) is 0 Å². The number of rotatable bonds is 3. The van der Waals surface area contributed by atoms with Crippen LogP contribution in [0.4, 0.5) is 4.79 Å². The van der Waals surface area contributed by atoms with Crippen LogP contribution in [0, 0.1) is 0 Å². The van der Waals surface area contributed by atoms with E-state index in [1.165, 1.54) is 11.0 Å². The number of nitrogens with zero attached hydrogens (tertiary/aromatic N) is 2. The molecule has 1 aromatic rings. The van der Waals surface area contributed by atoms with Crippen molar-refractivity contribution < 1.29 is 24.2 Å². The average molecular weight is 352 g/mol. The predicted octanol–water partition coefficient (Wildman–Crippen LogP) is -0.0361. The van der Waals surface area contributed by atoms with E-state index in [9.17, 15) is 24.3 Å². The summed E-state index contributed by atoms with van der Waals surface area (Å²) in [7, 11) is 0. The molecule has 0 aliphatic carbocycles. The Kier molecular flexibility index (Phi) is 4.82. The Bertz CT molecular complexity index is 733. The van der Waals surface area contributed by atoms with Crippen LogP contribution in [-0.4, -0.2) is 62.4 Å². The third-order valence-corrected chi connectivity index (χ3v) is 3.60. The normalized spacial score (nSPS) is 20.2. The quantitative estimate of drug-likeness (QED) is 0.693. The first-order valence-corrected chi connectivity index (χ1v) is 7.62. The number of aromatic nitrogens is 2. The Hall–Kier alpha value is -2.91. The van der Waals surface area contributed by atoms with Gasteiger partial charge in [0.2, 0.25) is 0 Å². The van der Waals surface area contributed by atoms with Crippen LogP contribution in [0.5, 0.6) is 0 Å². The molecule has 136 valence electrons. The molecular weight excluding hydrogens is 332 g/mol. The van der Waals surface area contributed by atoms with Crippen molar-refractivity contribution in [2.24, 2.45) is 0 Å². The lowest BCUT2D eigenvalue weighted by Gasteiger charge is -2.28. The minimum atomic E-state index is -1.64. The molecule has 0 aromatic carbocycles. The summed E-state index contributed by atoms with van der Waals surface area (Å²) in [5, 5.41) is 17.7. The smallest absolute Gasteiger partial charge is 0.408 e. The number of hydrogen-bond acceptors (Lipinski definition) is 6. The number of aliphatic carboxylic acids is 1. The van der Waals surface area contributed by atoms with Gasteiger partial charge in [-0.15, -0.1) is 0 Å². The fourth-order valence-corrected chi connectivity index (χ4v) is 2.44.